The molecule has 0 saturated heterocycles. The summed E-state index contributed by atoms with van der Waals surface area (Å²) in [6.07, 6.45) is 8.04. The Labute approximate surface area is 344 Å². The molecule has 0 nitrogen and oxygen atoms in total. The summed E-state index contributed by atoms with van der Waals surface area (Å²) in [5.74, 6) is 0.775. The van der Waals surface area contributed by atoms with Gasteiger partial charge in [0.25, 0.3) is 0 Å². The fourth-order valence-electron chi connectivity index (χ4n) is 7.23. The van der Waals surface area contributed by atoms with Gasteiger partial charge in [-0.3, -0.25) is 0 Å². The van der Waals surface area contributed by atoms with Crippen LogP contribution >= 0.6 is 0 Å². The van der Waals surface area contributed by atoms with Crippen LogP contribution in [0.3, 0.4) is 0 Å². The standard InChI is InChI=1S/C25H29.C20H23Si.C2H6Si.2ClH.Zr/c1-25(2,3)22-14-12-19(13-15-22)23-11-7-10-20-16-21(17-24(20)23)18-8-5-4-6-9-18;1-5-15-13-17-7-6-8-19(20(17)14-15)16-9-11-18(12-10-16)21(2,3)4;1-3-2;;;/h7,10-18H,4-6,8-9H2,1-3H3;6-14H,5H2,1-4H3;1-2H3;2*1H;/q2*-1;;;;+2/p-2. The first kappa shape index (κ1) is 44.4. The summed E-state index contributed by atoms with van der Waals surface area (Å²) in [7, 11) is -1.21. The fraction of sp³-hybridized carbons (Fsp3) is 0.362. The van der Waals surface area contributed by atoms with E-state index >= 15 is 0 Å². The van der Waals surface area contributed by atoms with E-state index in [2.05, 4.69) is 170 Å². The zero-order chi connectivity index (χ0) is 36.1. The average Bonchev–Trinajstić information content (AvgIpc) is 3.73. The number of rotatable bonds is 5. The SMILES string of the molecule is CC(C)(C)c1ccc(-c2cccc3[cH-]c(C4CCCCC4)cc23)cc1.CCc1cc2c(-c3ccc([Si](C)(C)C)cc3)cccc2[cH-]1.C[Si](C)=[Zr+2].[Cl-].[Cl-]. The summed E-state index contributed by atoms with van der Waals surface area (Å²) >= 11 is 1.74. The topological polar surface area (TPSA) is 0 Å². The molecular formula is C47H58Cl2Si2Zr-2. The molecule has 6 aromatic rings. The van der Waals surface area contributed by atoms with Crippen LogP contribution in [-0.4, -0.2) is 13.5 Å². The maximum atomic E-state index is 2.47. The first-order valence-electron chi connectivity index (χ1n) is 18.9. The van der Waals surface area contributed by atoms with Gasteiger partial charge < -0.3 is 24.8 Å². The van der Waals surface area contributed by atoms with Gasteiger partial charge >= 0.3 is 41.9 Å². The summed E-state index contributed by atoms with van der Waals surface area (Å²) in [6, 6.07) is 41.4. The molecule has 0 N–H and O–H groups in total. The minimum Gasteiger partial charge on any atom is -1.00 e. The molecule has 0 atom stereocenters. The minimum atomic E-state index is -1.21. The zero-order valence-electron chi connectivity index (χ0n) is 33.0. The Morgan fingerprint density at radius 2 is 1.17 bits per heavy atom. The maximum absolute atomic E-state index is 2.47. The Morgan fingerprint density at radius 1 is 0.692 bits per heavy atom. The van der Waals surface area contributed by atoms with Gasteiger partial charge in [-0.1, -0.05) is 144 Å². The molecule has 1 saturated carbocycles. The van der Waals surface area contributed by atoms with E-state index in [0.29, 0.717) is 0 Å². The van der Waals surface area contributed by atoms with Crippen molar-refractivity contribution < 1.29 is 48.1 Å². The van der Waals surface area contributed by atoms with Crippen molar-refractivity contribution in [2.24, 2.45) is 0 Å². The number of aryl methyl sites for hydroxylation is 1. The molecule has 1 aliphatic carbocycles. The predicted molar refractivity (Wildman–Crippen MR) is 224 cm³/mol. The van der Waals surface area contributed by atoms with E-state index in [0.717, 1.165) is 12.3 Å². The number of hydrogen-bond acceptors (Lipinski definition) is 0. The van der Waals surface area contributed by atoms with Gasteiger partial charge in [0, 0.05) is 0 Å². The molecule has 52 heavy (non-hydrogen) atoms. The minimum absolute atomic E-state index is 0. The van der Waals surface area contributed by atoms with E-state index < -0.39 is 8.07 Å². The summed E-state index contributed by atoms with van der Waals surface area (Å²) in [4.78, 5) is 0. The average molecular weight is 841 g/mol. The van der Waals surface area contributed by atoms with Gasteiger partial charge in [-0.05, 0) is 47.3 Å². The van der Waals surface area contributed by atoms with E-state index in [1.54, 1.807) is 28.9 Å². The first-order valence-corrected chi connectivity index (χ1v) is 28.5. The molecule has 0 unspecified atom stereocenters. The molecule has 7 rings (SSSR count). The van der Waals surface area contributed by atoms with Crippen molar-refractivity contribution in [2.75, 3.05) is 0 Å². The predicted octanol–water partition coefficient (Wildman–Crippen LogP) is 7.70. The van der Waals surface area contributed by atoms with Gasteiger partial charge in [-0.2, -0.15) is 12.1 Å². The third kappa shape index (κ3) is 11.5. The van der Waals surface area contributed by atoms with E-state index in [9.17, 15) is 0 Å². The van der Waals surface area contributed by atoms with Gasteiger partial charge in [0.05, 0.1) is 8.07 Å². The Hall–Kier alpha value is -2.00. The van der Waals surface area contributed by atoms with Crippen LogP contribution in [0.5, 0.6) is 0 Å². The summed E-state index contributed by atoms with van der Waals surface area (Å²) < 4.78 is 0. The third-order valence-electron chi connectivity index (χ3n) is 10.2. The van der Waals surface area contributed by atoms with Gasteiger partial charge in [-0.25, -0.2) is 0 Å². The van der Waals surface area contributed by atoms with E-state index in [1.807, 2.05) is 0 Å². The van der Waals surface area contributed by atoms with Crippen LogP contribution < -0.4 is 30.0 Å². The quantitative estimate of drug-likeness (QED) is 0.124. The van der Waals surface area contributed by atoms with E-state index in [4.69, 9.17) is 0 Å². The van der Waals surface area contributed by atoms with Crippen LogP contribution in [0.4, 0.5) is 0 Å². The summed E-state index contributed by atoms with van der Waals surface area (Å²) in [5, 5.41) is 7.09. The molecule has 0 spiro atoms. The molecule has 274 valence electrons. The molecule has 0 aromatic heterocycles. The number of benzene rings is 4. The zero-order valence-corrected chi connectivity index (χ0v) is 38.9. The smallest absolute Gasteiger partial charge is 1.00 e. The molecule has 1 aliphatic rings. The second-order valence-electron chi connectivity index (χ2n) is 16.6. The Morgan fingerprint density at radius 3 is 1.65 bits per heavy atom. The molecule has 0 heterocycles. The van der Waals surface area contributed by atoms with Crippen LogP contribution in [0, 0.1) is 0 Å². The molecular weight excluding hydrogens is 783 g/mol. The second-order valence-corrected chi connectivity index (χ2v) is 31.1. The van der Waals surface area contributed by atoms with Crippen LogP contribution in [0.15, 0.2) is 109 Å². The number of halogens is 2. The van der Waals surface area contributed by atoms with Gasteiger partial charge in [-0.15, -0.1) is 69.1 Å². The van der Waals surface area contributed by atoms with Crippen LogP contribution in [0.1, 0.15) is 82.4 Å². The summed E-state index contributed by atoms with van der Waals surface area (Å²) in [5.41, 5.74) is 10.2. The van der Waals surface area contributed by atoms with Gasteiger partial charge in [0.1, 0.15) is 0 Å². The largest absolute Gasteiger partial charge is 1.00 e. The number of fused-ring (bicyclic) bond motifs is 2. The van der Waals surface area contributed by atoms with Crippen molar-refractivity contribution >= 4 is 40.2 Å². The molecule has 0 radical (unpaired) electrons. The van der Waals surface area contributed by atoms with E-state index in [-0.39, 0.29) is 35.7 Å². The molecule has 6 aromatic carbocycles. The normalized spacial score (nSPS) is 13.3. The third-order valence-corrected chi connectivity index (χ3v) is 12.3. The van der Waals surface area contributed by atoms with Gasteiger partial charge in [0.15, 0.2) is 0 Å². The van der Waals surface area contributed by atoms with Crippen molar-refractivity contribution in [1.82, 2.24) is 0 Å². The first-order chi connectivity index (χ1) is 23.7. The Bertz CT molecular complexity index is 2010. The molecule has 1 fully saturated rings. The van der Waals surface area contributed by atoms with Crippen molar-refractivity contribution in [3.63, 3.8) is 0 Å². The summed E-state index contributed by atoms with van der Waals surface area (Å²) in [6.45, 7) is 20.8. The fourth-order valence-corrected chi connectivity index (χ4v) is 8.40. The Kier molecular flexibility index (Phi) is 16.7. The van der Waals surface area contributed by atoms with Crippen molar-refractivity contribution in [3.8, 4) is 22.3 Å². The second kappa shape index (κ2) is 19.5. The van der Waals surface area contributed by atoms with Crippen molar-refractivity contribution in [2.45, 2.75) is 110 Å². The van der Waals surface area contributed by atoms with Crippen molar-refractivity contribution in [1.29, 1.82) is 0 Å². The maximum Gasteiger partial charge on any atom is -1.00 e. The number of hydrogen-bond donors (Lipinski definition) is 0. The van der Waals surface area contributed by atoms with Gasteiger partial charge in [0.2, 0.25) is 0 Å². The van der Waals surface area contributed by atoms with Crippen LogP contribution in [-0.2, 0) is 35.2 Å². The molecule has 0 amide bonds. The molecule has 0 bridgehead atoms. The van der Waals surface area contributed by atoms with E-state index in [1.165, 1.54) is 92.2 Å². The monoisotopic (exact) mass is 838 g/mol. The molecule has 0 aliphatic heterocycles. The molecule has 5 heteroatoms. The van der Waals surface area contributed by atoms with Crippen LogP contribution in [0.2, 0.25) is 32.7 Å². The van der Waals surface area contributed by atoms with Crippen LogP contribution in [0.25, 0.3) is 43.8 Å². The van der Waals surface area contributed by atoms with Crippen molar-refractivity contribution in [3.05, 3.63) is 126 Å². The Balaban J connectivity index is 0.000000249.